The lowest BCUT2D eigenvalue weighted by molar-refractivity contribution is -0.123. The van der Waals surface area contributed by atoms with Crippen molar-refractivity contribution in [3.63, 3.8) is 0 Å². The third kappa shape index (κ3) is 5.05. The van der Waals surface area contributed by atoms with Crippen molar-refractivity contribution in [2.45, 2.75) is 38.5 Å². The minimum Gasteiger partial charge on any atom is -0.294 e. The summed E-state index contributed by atoms with van der Waals surface area (Å²) in [5.74, 6) is -0.508. The fourth-order valence-electron chi connectivity index (χ4n) is 6.05. The molecule has 0 aliphatic carbocycles. The molecule has 3 aliphatic rings. The molecule has 2 fully saturated rings. The van der Waals surface area contributed by atoms with Crippen LogP contribution in [0.5, 0.6) is 0 Å². The van der Waals surface area contributed by atoms with E-state index in [9.17, 15) is 14.4 Å². The summed E-state index contributed by atoms with van der Waals surface area (Å²) in [6.07, 6.45) is 0.191. The molecule has 0 saturated carbocycles. The van der Waals surface area contributed by atoms with Gasteiger partial charge in [-0.1, -0.05) is 72.8 Å². The number of benzene rings is 3. The highest BCUT2D eigenvalue weighted by molar-refractivity contribution is 6.01. The lowest BCUT2D eigenvalue weighted by Gasteiger charge is -2.43. The number of amides is 4. The van der Waals surface area contributed by atoms with Crippen LogP contribution in [-0.4, -0.2) is 69.9 Å². The van der Waals surface area contributed by atoms with E-state index in [1.807, 2.05) is 12.1 Å². The number of carbonyl (C=O) groups excluding carboxylic acids is 3. The molecular formula is C31H33N5O3. The van der Waals surface area contributed by atoms with Gasteiger partial charge in [-0.05, 0) is 35.2 Å². The van der Waals surface area contributed by atoms with Gasteiger partial charge < -0.3 is 0 Å². The first-order chi connectivity index (χ1) is 19.0. The summed E-state index contributed by atoms with van der Waals surface area (Å²) in [4.78, 5) is 41.9. The number of rotatable bonds is 6. The molecule has 0 spiro atoms. The first-order valence-corrected chi connectivity index (χ1v) is 13.6. The maximum absolute atomic E-state index is 13.0. The normalized spacial score (nSPS) is 20.5. The van der Waals surface area contributed by atoms with Gasteiger partial charge in [-0.15, -0.1) is 0 Å². The standard InChI is InChI=1S/C31H33N5O3/c1-22-19-34(29(24-8-4-2-5-9-24)25-10-6-3-7-11-25)17-16-33(22)20-23-12-13-27-26(18-23)21-36(30(27)38)35-15-14-28(37)32-31(35)39/h2-13,18,22,29H,14-17,19-21H2,1H3,(H,32,37,39)/t22-/m1/s1. The van der Waals surface area contributed by atoms with Crippen molar-refractivity contribution in [2.75, 3.05) is 26.2 Å². The number of nitrogens with one attached hydrogen (secondary N) is 1. The Morgan fingerprint density at radius 2 is 1.54 bits per heavy atom. The Morgan fingerprint density at radius 1 is 0.846 bits per heavy atom. The number of imide groups is 1. The van der Waals surface area contributed by atoms with Crippen LogP contribution in [0.3, 0.4) is 0 Å². The third-order valence-electron chi connectivity index (χ3n) is 8.06. The molecule has 1 atom stereocenters. The van der Waals surface area contributed by atoms with Crippen LogP contribution in [0.15, 0.2) is 78.9 Å². The van der Waals surface area contributed by atoms with Gasteiger partial charge in [0.15, 0.2) is 0 Å². The number of nitrogens with zero attached hydrogens (tertiary/aromatic N) is 4. The smallest absolute Gasteiger partial charge is 0.294 e. The molecule has 0 bridgehead atoms. The zero-order valence-electron chi connectivity index (χ0n) is 22.1. The molecule has 3 aromatic rings. The number of hydrazine groups is 1. The van der Waals surface area contributed by atoms with E-state index in [0.29, 0.717) is 18.2 Å². The van der Waals surface area contributed by atoms with E-state index in [1.54, 1.807) is 0 Å². The van der Waals surface area contributed by atoms with Crippen LogP contribution in [0.2, 0.25) is 0 Å². The number of hydrogen-bond acceptors (Lipinski definition) is 5. The van der Waals surface area contributed by atoms with Crippen LogP contribution in [-0.2, 0) is 17.9 Å². The summed E-state index contributed by atoms with van der Waals surface area (Å²) in [7, 11) is 0. The highest BCUT2D eigenvalue weighted by Crippen LogP contribution is 2.32. The van der Waals surface area contributed by atoms with E-state index < -0.39 is 6.03 Å². The van der Waals surface area contributed by atoms with Gasteiger partial charge in [0.2, 0.25) is 5.91 Å². The topological polar surface area (TPSA) is 76.2 Å². The molecule has 8 nitrogen and oxygen atoms in total. The summed E-state index contributed by atoms with van der Waals surface area (Å²) in [5, 5.41) is 5.10. The minimum atomic E-state index is -0.538. The third-order valence-corrected chi connectivity index (χ3v) is 8.06. The van der Waals surface area contributed by atoms with E-state index >= 15 is 0 Å². The summed E-state index contributed by atoms with van der Waals surface area (Å²) >= 11 is 0. The molecule has 39 heavy (non-hydrogen) atoms. The van der Waals surface area contributed by atoms with Crippen molar-refractivity contribution < 1.29 is 14.4 Å². The van der Waals surface area contributed by atoms with E-state index in [1.165, 1.54) is 21.1 Å². The lowest BCUT2D eigenvalue weighted by Crippen LogP contribution is -2.56. The minimum absolute atomic E-state index is 0.191. The summed E-state index contributed by atoms with van der Waals surface area (Å²) < 4.78 is 0. The highest BCUT2D eigenvalue weighted by atomic mass is 16.2. The molecule has 0 aromatic heterocycles. The Bertz CT molecular complexity index is 1340. The number of hydrogen-bond donors (Lipinski definition) is 1. The van der Waals surface area contributed by atoms with Crippen molar-refractivity contribution in [3.8, 4) is 0 Å². The molecule has 0 radical (unpaired) electrons. The molecule has 2 saturated heterocycles. The summed E-state index contributed by atoms with van der Waals surface area (Å²) in [6, 6.07) is 27.5. The fourth-order valence-corrected chi connectivity index (χ4v) is 6.05. The first kappa shape index (κ1) is 25.3. The molecule has 6 rings (SSSR count). The van der Waals surface area contributed by atoms with Crippen molar-refractivity contribution >= 4 is 17.8 Å². The second kappa shape index (κ2) is 10.6. The fraction of sp³-hybridized carbons (Fsp3) is 0.323. The molecule has 0 unspecified atom stereocenters. The predicted octanol–water partition coefficient (Wildman–Crippen LogP) is 3.80. The Hall–Kier alpha value is -4.01. The monoisotopic (exact) mass is 523 g/mol. The van der Waals surface area contributed by atoms with Crippen LogP contribution >= 0.6 is 0 Å². The predicted molar refractivity (Wildman–Crippen MR) is 147 cm³/mol. The maximum Gasteiger partial charge on any atom is 0.342 e. The number of fused-ring (bicyclic) bond motifs is 1. The average molecular weight is 524 g/mol. The largest absolute Gasteiger partial charge is 0.342 e. The Labute approximate surface area is 228 Å². The summed E-state index contributed by atoms with van der Waals surface area (Å²) in [6.45, 7) is 6.49. The van der Waals surface area contributed by atoms with Crippen molar-refractivity contribution in [2.24, 2.45) is 0 Å². The lowest BCUT2D eigenvalue weighted by atomic mass is 9.95. The molecule has 8 heteroatoms. The first-order valence-electron chi connectivity index (χ1n) is 13.6. The molecule has 3 heterocycles. The van der Waals surface area contributed by atoms with Gasteiger partial charge in [0, 0.05) is 44.2 Å². The van der Waals surface area contributed by atoms with Crippen LogP contribution in [0.25, 0.3) is 0 Å². The molecule has 3 aromatic carbocycles. The van der Waals surface area contributed by atoms with Crippen molar-refractivity contribution in [1.82, 2.24) is 25.1 Å². The van der Waals surface area contributed by atoms with Crippen LogP contribution in [0.1, 0.15) is 52.0 Å². The Kier molecular flexibility index (Phi) is 6.89. The molecule has 3 aliphatic heterocycles. The SMILES string of the molecule is C[C@@H]1CN(C(c2ccccc2)c2ccccc2)CCN1Cc1ccc2c(c1)CN(N1CCC(=O)NC1=O)C2=O. The van der Waals surface area contributed by atoms with E-state index in [-0.39, 0.29) is 30.8 Å². The molecule has 4 amide bonds. The zero-order valence-corrected chi connectivity index (χ0v) is 22.1. The van der Waals surface area contributed by atoms with Crippen LogP contribution in [0.4, 0.5) is 4.79 Å². The number of piperazine rings is 1. The number of carbonyl (C=O) groups is 3. The van der Waals surface area contributed by atoms with Crippen LogP contribution in [0, 0.1) is 0 Å². The summed E-state index contributed by atoms with van der Waals surface area (Å²) in [5.41, 5.74) is 5.31. The quantitative estimate of drug-likeness (QED) is 0.532. The van der Waals surface area contributed by atoms with E-state index in [2.05, 4.69) is 88.8 Å². The second-order valence-electron chi connectivity index (χ2n) is 10.6. The van der Waals surface area contributed by atoms with Gasteiger partial charge >= 0.3 is 6.03 Å². The zero-order chi connectivity index (χ0) is 26.9. The Morgan fingerprint density at radius 3 is 2.18 bits per heavy atom. The average Bonchev–Trinajstić information content (AvgIpc) is 3.27. The number of urea groups is 1. The molecule has 1 N–H and O–H groups in total. The van der Waals surface area contributed by atoms with Gasteiger partial charge in [0.1, 0.15) is 0 Å². The van der Waals surface area contributed by atoms with Gasteiger partial charge in [-0.2, -0.15) is 0 Å². The van der Waals surface area contributed by atoms with Gasteiger partial charge in [0.25, 0.3) is 5.91 Å². The van der Waals surface area contributed by atoms with Crippen molar-refractivity contribution in [1.29, 1.82) is 0 Å². The second-order valence-corrected chi connectivity index (χ2v) is 10.6. The van der Waals surface area contributed by atoms with Crippen LogP contribution < -0.4 is 5.32 Å². The Balaban J connectivity index is 1.14. The van der Waals surface area contributed by atoms with E-state index in [4.69, 9.17) is 0 Å². The molecular weight excluding hydrogens is 490 g/mol. The highest BCUT2D eigenvalue weighted by Gasteiger charge is 2.37. The van der Waals surface area contributed by atoms with E-state index in [0.717, 1.165) is 37.3 Å². The van der Waals surface area contributed by atoms with Crippen molar-refractivity contribution in [3.05, 3.63) is 107 Å². The van der Waals surface area contributed by atoms with Gasteiger partial charge in [-0.3, -0.25) is 24.7 Å². The van der Waals surface area contributed by atoms with Gasteiger partial charge in [-0.25, -0.2) is 14.8 Å². The molecule has 200 valence electrons. The van der Waals surface area contributed by atoms with Gasteiger partial charge in [0.05, 0.1) is 19.1 Å². The maximum atomic E-state index is 13.0.